The maximum Gasteiger partial charge on any atom is 0.238 e. The number of nitrogens with zero attached hydrogens (tertiary/aromatic N) is 6. The zero-order valence-corrected chi connectivity index (χ0v) is 33.5. The van der Waals surface area contributed by atoms with Crippen LogP contribution in [-0.4, -0.2) is 29.5 Å². The van der Waals surface area contributed by atoms with Gasteiger partial charge in [-0.3, -0.25) is 4.57 Å². The van der Waals surface area contributed by atoms with Crippen molar-refractivity contribution in [3.8, 4) is 62.5 Å². The highest BCUT2D eigenvalue weighted by Crippen LogP contribution is 2.42. The summed E-state index contributed by atoms with van der Waals surface area (Å²) in [6.45, 7) is 0. The minimum Gasteiger partial charge on any atom is -0.456 e. The summed E-state index contributed by atoms with van der Waals surface area (Å²) >= 11 is 0. The average Bonchev–Trinajstić information content (AvgIpc) is 4.04. The van der Waals surface area contributed by atoms with Crippen LogP contribution in [0.1, 0.15) is 0 Å². The second-order valence-corrected chi connectivity index (χ2v) is 15.6. The minimum absolute atomic E-state index is 0.524. The van der Waals surface area contributed by atoms with Crippen LogP contribution >= 0.6 is 0 Å². The molecule has 5 heterocycles. The number of hydrogen-bond acceptors (Lipinski definition) is 7. The lowest BCUT2D eigenvalue weighted by Gasteiger charge is -2.11. The molecular formula is C55H32N6O2. The number of benzene rings is 8. The van der Waals surface area contributed by atoms with Gasteiger partial charge in [-0.25, -0.2) is 15.0 Å². The van der Waals surface area contributed by atoms with Crippen molar-refractivity contribution in [1.82, 2.24) is 29.5 Å². The predicted molar refractivity (Wildman–Crippen MR) is 251 cm³/mol. The number of fused-ring (bicyclic) bond motifs is 9. The molecule has 294 valence electrons. The van der Waals surface area contributed by atoms with Crippen molar-refractivity contribution >= 4 is 65.8 Å². The quantitative estimate of drug-likeness (QED) is 0.165. The van der Waals surface area contributed by atoms with Crippen molar-refractivity contribution in [3.05, 3.63) is 194 Å². The van der Waals surface area contributed by atoms with Crippen LogP contribution in [-0.2, 0) is 0 Å². The zero-order valence-electron chi connectivity index (χ0n) is 33.5. The van der Waals surface area contributed by atoms with E-state index in [1.165, 1.54) is 0 Å². The fourth-order valence-electron chi connectivity index (χ4n) is 9.06. The molecule has 0 atom stereocenters. The Kier molecular flexibility index (Phi) is 7.74. The van der Waals surface area contributed by atoms with E-state index < -0.39 is 0 Å². The Morgan fingerprint density at radius 1 is 0.349 bits per heavy atom. The Morgan fingerprint density at radius 3 is 1.78 bits per heavy atom. The Hall–Kier alpha value is -8.75. The van der Waals surface area contributed by atoms with E-state index in [0.717, 1.165) is 99.3 Å². The van der Waals surface area contributed by atoms with E-state index in [1.807, 2.05) is 115 Å². The largest absolute Gasteiger partial charge is 0.456 e. The molecule has 0 saturated heterocycles. The molecule has 0 aliphatic carbocycles. The summed E-state index contributed by atoms with van der Waals surface area (Å²) in [5.74, 6) is 2.20. The van der Waals surface area contributed by atoms with E-state index in [1.54, 1.807) is 0 Å². The summed E-state index contributed by atoms with van der Waals surface area (Å²) in [5, 5.41) is 4.98. The van der Waals surface area contributed by atoms with Gasteiger partial charge in [0.15, 0.2) is 23.1 Å². The second kappa shape index (κ2) is 13.9. The van der Waals surface area contributed by atoms with Gasteiger partial charge in [-0.1, -0.05) is 146 Å². The fourth-order valence-corrected chi connectivity index (χ4v) is 9.06. The molecule has 0 N–H and O–H groups in total. The first-order chi connectivity index (χ1) is 31.2. The number of para-hydroxylation sites is 2. The Labute approximate surface area is 359 Å². The summed E-state index contributed by atoms with van der Waals surface area (Å²) < 4.78 is 15.1. The smallest absolute Gasteiger partial charge is 0.238 e. The van der Waals surface area contributed by atoms with Gasteiger partial charge < -0.3 is 8.83 Å². The van der Waals surface area contributed by atoms with Gasteiger partial charge in [0.25, 0.3) is 0 Å². The van der Waals surface area contributed by atoms with Gasteiger partial charge >= 0.3 is 0 Å². The lowest BCUT2D eigenvalue weighted by molar-refractivity contribution is 0.667. The number of hydrogen-bond donors (Lipinski definition) is 0. The first kappa shape index (κ1) is 35.0. The van der Waals surface area contributed by atoms with Crippen LogP contribution in [0, 0.1) is 0 Å². The highest BCUT2D eigenvalue weighted by atomic mass is 16.3. The summed E-state index contributed by atoms with van der Waals surface area (Å²) in [6.07, 6.45) is 0. The fraction of sp³-hybridized carbons (Fsp3) is 0. The van der Waals surface area contributed by atoms with Crippen molar-refractivity contribution in [3.63, 3.8) is 0 Å². The van der Waals surface area contributed by atoms with Gasteiger partial charge in [-0.05, 0) is 59.7 Å². The molecule has 0 radical (unpaired) electrons. The molecule has 0 fully saturated rings. The molecule has 13 aromatic rings. The average molecular weight is 809 g/mol. The summed E-state index contributed by atoms with van der Waals surface area (Å²) in [5.41, 5.74) is 12.1. The molecule has 5 aromatic heterocycles. The molecule has 0 saturated carbocycles. The van der Waals surface area contributed by atoms with Gasteiger partial charge in [0, 0.05) is 49.2 Å². The second-order valence-electron chi connectivity index (χ2n) is 15.6. The third-order valence-corrected chi connectivity index (χ3v) is 11.9. The summed E-state index contributed by atoms with van der Waals surface area (Å²) in [6, 6.07) is 65.8. The SMILES string of the molecule is c1ccc(-c2nc(-c3ccc4oc5cccc(-c6nc(-c7ccccc7)c7oc8ccccc8c7n6)c5c4c3)nc(-n3c4ccccc4c4c(-c5ccccc5)cccc43)n2)cc1. The molecular weight excluding hydrogens is 777 g/mol. The van der Waals surface area contributed by atoms with E-state index in [2.05, 4.69) is 83.4 Å². The lowest BCUT2D eigenvalue weighted by Crippen LogP contribution is -2.06. The van der Waals surface area contributed by atoms with E-state index in [-0.39, 0.29) is 0 Å². The molecule has 0 aliphatic heterocycles. The van der Waals surface area contributed by atoms with Crippen molar-refractivity contribution < 1.29 is 8.83 Å². The molecule has 0 bridgehead atoms. The maximum absolute atomic E-state index is 6.55. The van der Waals surface area contributed by atoms with E-state index in [0.29, 0.717) is 29.0 Å². The molecule has 13 rings (SSSR count). The highest BCUT2D eigenvalue weighted by molar-refractivity contribution is 6.16. The van der Waals surface area contributed by atoms with Gasteiger partial charge in [0.1, 0.15) is 28.0 Å². The predicted octanol–water partition coefficient (Wildman–Crippen LogP) is 13.9. The zero-order chi connectivity index (χ0) is 41.4. The van der Waals surface area contributed by atoms with Gasteiger partial charge in [-0.15, -0.1) is 0 Å². The normalized spacial score (nSPS) is 11.8. The third-order valence-electron chi connectivity index (χ3n) is 11.9. The van der Waals surface area contributed by atoms with Crippen LogP contribution in [0.15, 0.2) is 203 Å². The first-order valence-electron chi connectivity index (χ1n) is 20.8. The van der Waals surface area contributed by atoms with Gasteiger partial charge in [0.2, 0.25) is 5.95 Å². The number of rotatable bonds is 6. The first-order valence-corrected chi connectivity index (χ1v) is 20.8. The highest BCUT2D eigenvalue weighted by Gasteiger charge is 2.23. The minimum atomic E-state index is 0.524. The van der Waals surface area contributed by atoms with Crippen molar-refractivity contribution in [1.29, 1.82) is 0 Å². The molecule has 0 spiro atoms. The van der Waals surface area contributed by atoms with Crippen molar-refractivity contribution in [2.75, 3.05) is 0 Å². The van der Waals surface area contributed by atoms with Crippen LogP contribution in [0.4, 0.5) is 0 Å². The summed E-state index contributed by atoms with van der Waals surface area (Å²) in [4.78, 5) is 26.1. The standard InChI is InChI=1S/C55H32N6O2/c1-4-16-33(17-5-1)37-24-14-27-43-47(37)38-22-10-12-26-42(38)61(43)55-59-52(35-20-8-3-9-21-35)58-53(60-55)36-30-31-45-41(32-36)48-40(25-15-29-46(48)62-45)54-56-49(34-18-6-2-7-19-34)51-50(57-54)39-23-11-13-28-44(39)63-51/h1-32H. The lowest BCUT2D eigenvalue weighted by atomic mass is 9.99. The Morgan fingerprint density at radius 2 is 0.968 bits per heavy atom. The van der Waals surface area contributed by atoms with E-state index >= 15 is 0 Å². The van der Waals surface area contributed by atoms with Gasteiger partial charge in [0.05, 0.1) is 11.0 Å². The molecule has 0 unspecified atom stereocenters. The number of furan rings is 2. The number of aromatic nitrogens is 6. The monoisotopic (exact) mass is 808 g/mol. The molecule has 63 heavy (non-hydrogen) atoms. The van der Waals surface area contributed by atoms with Crippen molar-refractivity contribution in [2.45, 2.75) is 0 Å². The van der Waals surface area contributed by atoms with Crippen LogP contribution in [0.5, 0.6) is 0 Å². The van der Waals surface area contributed by atoms with Crippen LogP contribution < -0.4 is 0 Å². The maximum atomic E-state index is 6.55. The summed E-state index contributed by atoms with van der Waals surface area (Å²) in [7, 11) is 0. The van der Waals surface area contributed by atoms with Gasteiger partial charge in [-0.2, -0.15) is 9.97 Å². The molecule has 8 nitrogen and oxygen atoms in total. The third kappa shape index (κ3) is 5.58. The van der Waals surface area contributed by atoms with E-state index in [4.69, 9.17) is 33.8 Å². The molecule has 8 heteroatoms. The Bertz CT molecular complexity index is 3910. The molecule has 0 aliphatic rings. The van der Waals surface area contributed by atoms with Crippen molar-refractivity contribution in [2.24, 2.45) is 0 Å². The topological polar surface area (TPSA) is 95.7 Å². The van der Waals surface area contributed by atoms with Crippen LogP contribution in [0.25, 0.3) is 128 Å². The molecule has 8 aromatic carbocycles. The Balaban J connectivity index is 1.04. The van der Waals surface area contributed by atoms with Crippen LogP contribution in [0.3, 0.4) is 0 Å². The molecule has 0 amide bonds. The van der Waals surface area contributed by atoms with E-state index in [9.17, 15) is 0 Å². The van der Waals surface area contributed by atoms with Crippen LogP contribution in [0.2, 0.25) is 0 Å².